The molecule has 1 atom stereocenters. The quantitative estimate of drug-likeness (QED) is 0.422. The number of halogens is 4. The second kappa shape index (κ2) is 8.95. The van der Waals surface area contributed by atoms with Crippen molar-refractivity contribution in [1.82, 2.24) is 9.78 Å². The van der Waals surface area contributed by atoms with Gasteiger partial charge in [0.15, 0.2) is 5.69 Å². The van der Waals surface area contributed by atoms with Crippen LogP contribution in [-0.2, 0) is 11.7 Å². The lowest BCUT2D eigenvalue weighted by atomic mass is 9.88. The zero-order valence-electron chi connectivity index (χ0n) is 14.3. The van der Waals surface area contributed by atoms with Gasteiger partial charge in [0.2, 0.25) is 0 Å². The Morgan fingerprint density at radius 1 is 1.00 bits per heavy atom. The molecule has 23 heavy (non-hydrogen) atoms. The number of hydrogen-bond donors (Lipinski definition) is 0. The number of unbranched alkanes of at least 4 members (excludes halogenated alkanes) is 5. The summed E-state index contributed by atoms with van der Waals surface area (Å²) in [5.41, 5.74) is -1.36. The van der Waals surface area contributed by atoms with Crippen LogP contribution in [0.25, 0.3) is 0 Å². The van der Waals surface area contributed by atoms with Gasteiger partial charge in [0.1, 0.15) is 5.15 Å². The van der Waals surface area contributed by atoms with Crippen LogP contribution in [0, 0.1) is 0 Å². The van der Waals surface area contributed by atoms with Crippen molar-refractivity contribution in [3.63, 3.8) is 0 Å². The summed E-state index contributed by atoms with van der Waals surface area (Å²) in [5, 5.41) is 3.85. The van der Waals surface area contributed by atoms with Crippen LogP contribution in [0.3, 0.4) is 0 Å². The first-order chi connectivity index (χ1) is 10.7. The molecule has 0 aliphatic rings. The monoisotopic (exact) mass is 352 g/mol. The van der Waals surface area contributed by atoms with E-state index < -0.39 is 17.4 Å². The molecule has 2 nitrogen and oxygen atoms in total. The van der Waals surface area contributed by atoms with Crippen molar-refractivity contribution in [1.29, 1.82) is 0 Å². The van der Waals surface area contributed by atoms with E-state index >= 15 is 0 Å². The molecule has 0 saturated heterocycles. The Morgan fingerprint density at radius 2 is 1.57 bits per heavy atom. The van der Waals surface area contributed by atoms with E-state index in [4.69, 9.17) is 11.6 Å². The van der Waals surface area contributed by atoms with E-state index in [9.17, 15) is 13.2 Å². The van der Waals surface area contributed by atoms with Gasteiger partial charge in [-0.2, -0.15) is 18.3 Å². The molecule has 1 rings (SSSR count). The number of hydrogen-bond acceptors (Lipinski definition) is 1. The largest absolute Gasteiger partial charge is 0.435 e. The van der Waals surface area contributed by atoms with Gasteiger partial charge in [-0.15, -0.1) is 0 Å². The van der Waals surface area contributed by atoms with Gasteiger partial charge >= 0.3 is 6.18 Å². The lowest BCUT2D eigenvalue weighted by Gasteiger charge is -2.31. The number of nitrogens with zero attached hydrogens (tertiary/aromatic N) is 2. The lowest BCUT2D eigenvalue weighted by Crippen LogP contribution is -2.32. The minimum absolute atomic E-state index is 0.0736. The lowest BCUT2D eigenvalue weighted by molar-refractivity contribution is -0.141. The van der Waals surface area contributed by atoms with Gasteiger partial charge in [0, 0.05) is 6.07 Å². The van der Waals surface area contributed by atoms with E-state index in [0.717, 1.165) is 44.6 Å². The highest BCUT2D eigenvalue weighted by molar-refractivity contribution is 6.29. The molecule has 134 valence electrons. The Morgan fingerprint density at radius 3 is 2.09 bits per heavy atom. The zero-order chi connectivity index (χ0) is 17.5. The topological polar surface area (TPSA) is 17.8 Å². The fraction of sp³-hybridized carbons (Fsp3) is 0.824. The third-order valence-electron chi connectivity index (χ3n) is 4.36. The number of alkyl halides is 3. The molecule has 6 heteroatoms. The van der Waals surface area contributed by atoms with E-state index in [0.29, 0.717) is 0 Å². The molecule has 0 spiro atoms. The first-order valence-electron chi connectivity index (χ1n) is 8.58. The average molecular weight is 353 g/mol. The van der Waals surface area contributed by atoms with E-state index in [2.05, 4.69) is 18.9 Å². The second-order valence-corrected chi connectivity index (χ2v) is 6.91. The van der Waals surface area contributed by atoms with Gasteiger partial charge in [-0.25, -0.2) is 4.68 Å². The molecular formula is C17H28ClF3N2. The van der Waals surface area contributed by atoms with Crippen molar-refractivity contribution in [2.45, 2.75) is 90.3 Å². The van der Waals surface area contributed by atoms with Crippen molar-refractivity contribution >= 4 is 11.6 Å². The summed E-state index contributed by atoms with van der Waals surface area (Å²) in [5.74, 6) is 0. The maximum atomic E-state index is 12.9. The fourth-order valence-corrected chi connectivity index (χ4v) is 3.22. The predicted molar refractivity (Wildman–Crippen MR) is 88.8 cm³/mol. The molecule has 0 amide bonds. The van der Waals surface area contributed by atoms with Crippen molar-refractivity contribution < 1.29 is 13.2 Å². The molecule has 0 fully saturated rings. The van der Waals surface area contributed by atoms with Crippen molar-refractivity contribution in [3.8, 4) is 0 Å². The van der Waals surface area contributed by atoms with Crippen LogP contribution >= 0.6 is 11.6 Å². The van der Waals surface area contributed by atoms with E-state index in [-0.39, 0.29) is 5.15 Å². The maximum absolute atomic E-state index is 12.9. The van der Waals surface area contributed by atoms with Gasteiger partial charge in [-0.3, -0.25) is 0 Å². The van der Waals surface area contributed by atoms with Gasteiger partial charge < -0.3 is 0 Å². The van der Waals surface area contributed by atoms with Gasteiger partial charge in [-0.05, 0) is 19.8 Å². The van der Waals surface area contributed by atoms with Gasteiger partial charge in [0.05, 0.1) is 5.54 Å². The minimum atomic E-state index is -4.46. The van der Waals surface area contributed by atoms with Crippen molar-refractivity contribution in [2.24, 2.45) is 0 Å². The number of rotatable bonds is 10. The summed E-state index contributed by atoms with van der Waals surface area (Å²) in [6, 6.07) is 0.933. The third kappa shape index (κ3) is 6.02. The zero-order valence-corrected chi connectivity index (χ0v) is 15.1. The van der Waals surface area contributed by atoms with Crippen LogP contribution < -0.4 is 0 Å². The molecule has 1 aromatic rings. The molecule has 0 radical (unpaired) electrons. The van der Waals surface area contributed by atoms with E-state index in [1.54, 1.807) is 0 Å². The molecule has 0 bridgehead atoms. The van der Waals surface area contributed by atoms with Crippen LogP contribution in [0.2, 0.25) is 5.15 Å². The van der Waals surface area contributed by atoms with E-state index in [1.807, 2.05) is 6.92 Å². The summed E-state index contributed by atoms with van der Waals surface area (Å²) in [6.07, 6.45) is 4.70. The predicted octanol–water partition coefficient (Wildman–Crippen LogP) is 6.82. The highest BCUT2D eigenvalue weighted by Crippen LogP contribution is 2.36. The Labute approximate surface area is 142 Å². The fourth-order valence-electron chi connectivity index (χ4n) is 2.88. The molecule has 1 aromatic heterocycles. The minimum Gasteiger partial charge on any atom is -0.248 e. The Hall–Kier alpha value is -0.710. The Kier molecular flexibility index (Phi) is 7.91. The molecule has 0 N–H and O–H groups in total. The Bertz CT molecular complexity index is 471. The SMILES string of the molecule is CCCCCCCC(C)(CCCC)n1nc(C(F)(F)F)cc1Cl. The first kappa shape index (κ1) is 20.3. The van der Waals surface area contributed by atoms with Crippen molar-refractivity contribution in [2.75, 3.05) is 0 Å². The third-order valence-corrected chi connectivity index (χ3v) is 4.62. The summed E-state index contributed by atoms with van der Waals surface area (Å²) in [7, 11) is 0. The standard InChI is InChI=1S/C17H28ClF3N2/c1-4-6-8-9-10-12-16(3,11-7-5-2)23-15(18)13-14(22-23)17(19,20)21/h13H,4-12H2,1-3H3. The smallest absolute Gasteiger partial charge is 0.248 e. The maximum Gasteiger partial charge on any atom is 0.435 e. The van der Waals surface area contributed by atoms with Gasteiger partial charge in [0.25, 0.3) is 0 Å². The molecule has 0 aliphatic heterocycles. The summed E-state index contributed by atoms with van der Waals surface area (Å²) < 4.78 is 40.0. The summed E-state index contributed by atoms with van der Waals surface area (Å²) in [6.45, 7) is 6.21. The first-order valence-corrected chi connectivity index (χ1v) is 8.95. The Balaban J connectivity index is 2.89. The van der Waals surface area contributed by atoms with Crippen LogP contribution in [0.5, 0.6) is 0 Å². The van der Waals surface area contributed by atoms with Crippen LogP contribution in [-0.4, -0.2) is 9.78 Å². The highest BCUT2D eigenvalue weighted by atomic mass is 35.5. The molecule has 0 aliphatic carbocycles. The summed E-state index contributed by atoms with van der Waals surface area (Å²) in [4.78, 5) is 0. The molecule has 1 unspecified atom stereocenters. The van der Waals surface area contributed by atoms with Crippen LogP contribution in [0.4, 0.5) is 13.2 Å². The molecule has 1 heterocycles. The summed E-state index contributed by atoms with van der Waals surface area (Å²) >= 11 is 6.08. The highest BCUT2D eigenvalue weighted by Gasteiger charge is 2.37. The van der Waals surface area contributed by atoms with Gasteiger partial charge in [-0.1, -0.05) is 70.4 Å². The molecular weight excluding hydrogens is 325 g/mol. The van der Waals surface area contributed by atoms with Crippen molar-refractivity contribution in [3.05, 3.63) is 16.9 Å². The van der Waals surface area contributed by atoms with Crippen LogP contribution in [0.15, 0.2) is 6.07 Å². The van der Waals surface area contributed by atoms with Crippen LogP contribution in [0.1, 0.15) is 84.3 Å². The second-order valence-electron chi connectivity index (χ2n) is 6.53. The number of aromatic nitrogens is 2. The molecule has 0 aromatic carbocycles. The molecule has 0 saturated carbocycles. The normalized spacial score (nSPS) is 14.9. The van der Waals surface area contributed by atoms with E-state index in [1.165, 1.54) is 23.9 Å². The average Bonchev–Trinajstić information content (AvgIpc) is 2.88.